The van der Waals surface area contributed by atoms with E-state index in [9.17, 15) is 9.90 Å². The molecule has 0 aliphatic heterocycles. The highest BCUT2D eigenvalue weighted by atomic mass is 32.1. The van der Waals surface area contributed by atoms with E-state index in [0.29, 0.717) is 6.42 Å². The lowest BCUT2D eigenvalue weighted by Gasteiger charge is -2.22. The molecule has 1 heterocycles. The Bertz CT molecular complexity index is 576. The highest BCUT2D eigenvalue weighted by molar-refractivity contribution is 7.10. The number of aliphatic hydroxyl groups is 1. The molecule has 0 saturated heterocycles. The standard InChI is InChI=1S/C16H19NO2S/c1-12-5-3-6-13(9-12)10-15(18)17-11-16(2,19)14-7-4-8-20-14/h3-9,19H,10-11H2,1-2H3,(H,17,18). The summed E-state index contributed by atoms with van der Waals surface area (Å²) in [6.07, 6.45) is 0.336. The molecule has 1 aromatic heterocycles. The Morgan fingerprint density at radius 2 is 2.15 bits per heavy atom. The number of amides is 1. The molecule has 2 aromatic rings. The molecule has 1 unspecified atom stereocenters. The molecule has 0 radical (unpaired) electrons. The van der Waals surface area contributed by atoms with E-state index < -0.39 is 5.60 Å². The van der Waals surface area contributed by atoms with E-state index >= 15 is 0 Å². The largest absolute Gasteiger partial charge is 0.383 e. The molecule has 0 aliphatic carbocycles. The van der Waals surface area contributed by atoms with E-state index in [0.717, 1.165) is 16.0 Å². The number of rotatable bonds is 5. The Balaban J connectivity index is 1.89. The molecule has 3 nitrogen and oxygen atoms in total. The van der Waals surface area contributed by atoms with Crippen LogP contribution in [0.25, 0.3) is 0 Å². The van der Waals surface area contributed by atoms with Gasteiger partial charge in [-0.2, -0.15) is 0 Å². The van der Waals surface area contributed by atoms with Gasteiger partial charge in [-0.25, -0.2) is 0 Å². The van der Waals surface area contributed by atoms with E-state index in [1.165, 1.54) is 11.3 Å². The molecule has 2 rings (SSSR count). The van der Waals surface area contributed by atoms with Gasteiger partial charge < -0.3 is 10.4 Å². The van der Waals surface area contributed by atoms with Gasteiger partial charge in [0.15, 0.2) is 0 Å². The topological polar surface area (TPSA) is 49.3 Å². The van der Waals surface area contributed by atoms with Gasteiger partial charge in [0, 0.05) is 4.88 Å². The molecule has 2 N–H and O–H groups in total. The zero-order valence-electron chi connectivity index (χ0n) is 11.7. The minimum atomic E-state index is -1.02. The predicted molar refractivity (Wildman–Crippen MR) is 81.8 cm³/mol. The fraction of sp³-hybridized carbons (Fsp3) is 0.312. The summed E-state index contributed by atoms with van der Waals surface area (Å²) >= 11 is 1.49. The summed E-state index contributed by atoms with van der Waals surface area (Å²) < 4.78 is 0. The molecule has 1 atom stereocenters. The lowest BCUT2D eigenvalue weighted by Crippen LogP contribution is -2.38. The summed E-state index contributed by atoms with van der Waals surface area (Å²) in [4.78, 5) is 12.8. The molecule has 106 valence electrons. The second kappa shape index (κ2) is 6.20. The fourth-order valence-corrected chi connectivity index (χ4v) is 2.80. The van der Waals surface area contributed by atoms with Crippen molar-refractivity contribution in [1.82, 2.24) is 5.32 Å². The van der Waals surface area contributed by atoms with Crippen molar-refractivity contribution < 1.29 is 9.90 Å². The van der Waals surface area contributed by atoms with E-state index in [1.54, 1.807) is 6.92 Å². The maximum atomic E-state index is 11.9. The number of aryl methyl sites for hydroxylation is 1. The summed E-state index contributed by atoms with van der Waals surface area (Å²) in [5.41, 5.74) is 1.11. The lowest BCUT2D eigenvalue weighted by molar-refractivity contribution is -0.121. The zero-order valence-corrected chi connectivity index (χ0v) is 12.5. The summed E-state index contributed by atoms with van der Waals surface area (Å²) in [6.45, 7) is 3.94. The van der Waals surface area contributed by atoms with Gasteiger partial charge in [0.2, 0.25) is 5.91 Å². The summed E-state index contributed by atoms with van der Waals surface area (Å²) in [6, 6.07) is 11.6. The SMILES string of the molecule is Cc1cccc(CC(=O)NCC(C)(O)c2cccs2)c1. The van der Waals surface area contributed by atoms with Crippen molar-refractivity contribution in [1.29, 1.82) is 0 Å². The predicted octanol–water partition coefficient (Wildman–Crippen LogP) is 2.62. The van der Waals surface area contributed by atoms with Gasteiger partial charge in [-0.15, -0.1) is 11.3 Å². The third-order valence-electron chi connectivity index (χ3n) is 3.13. The maximum Gasteiger partial charge on any atom is 0.224 e. The van der Waals surface area contributed by atoms with Crippen LogP contribution in [0.4, 0.5) is 0 Å². The number of carbonyl (C=O) groups is 1. The first kappa shape index (κ1) is 14.8. The van der Waals surface area contributed by atoms with Crippen molar-refractivity contribution in [3.8, 4) is 0 Å². The molecule has 1 amide bonds. The van der Waals surface area contributed by atoms with E-state index in [4.69, 9.17) is 0 Å². The molecule has 0 fully saturated rings. The van der Waals surface area contributed by atoms with Crippen LogP contribution in [0, 0.1) is 6.92 Å². The first-order valence-electron chi connectivity index (χ1n) is 6.56. The Morgan fingerprint density at radius 3 is 2.80 bits per heavy atom. The van der Waals surface area contributed by atoms with Crippen LogP contribution in [0.15, 0.2) is 41.8 Å². The third kappa shape index (κ3) is 3.92. The van der Waals surface area contributed by atoms with Gasteiger partial charge in [-0.05, 0) is 30.9 Å². The van der Waals surface area contributed by atoms with Crippen LogP contribution in [-0.2, 0) is 16.8 Å². The second-order valence-corrected chi connectivity index (χ2v) is 6.14. The van der Waals surface area contributed by atoms with E-state index in [2.05, 4.69) is 5.32 Å². The van der Waals surface area contributed by atoms with Crippen LogP contribution >= 0.6 is 11.3 Å². The first-order chi connectivity index (χ1) is 9.47. The second-order valence-electron chi connectivity index (χ2n) is 5.19. The van der Waals surface area contributed by atoms with Gasteiger partial charge in [0.1, 0.15) is 5.60 Å². The summed E-state index contributed by atoms with van der Waals surface area (Å²) in [5, 5.41) is 15.0. The van der Waals surface area contributed by atoms with Crippen molar-refractivity contribution in [2.75, 3.05) is 6.54 Å². The molecular formula is C16H19NO2S. The van der Waals surface area contributed by atoms with Crippen molar-refractivity contribution in [3.63, 3.8) is 0 Å². The minimum absolute atomic E-state index is 0.0765. The number of hydrogen-bond donors (Lipinski definition) is 2. The Morgan fingerprint density at radius 1 is 1.35 bits per heavy atom. The number of hydrogen-bond acceptors (Lipinski definition) is 3. The quantitative estimate of drug-likeness (QED) is 0.889. The molecule has 20 heavy (non-hydrogen) atoms. The monoisotopic (exact) mass is 289 g/mol. The highest BCUT2D eigenvalue weighted by Crippen LogP contribution is 2.24. The molecule has 1 aromatic carbocycles. The average molecular weight is 289 g/mol. The number of benzene rings is 1. The van der Waals surface area contributed by atoms with Crippen LogP contribution in [0.2, 0.25) is 0 Å². The van der Waals surface area contributed by atoms with Crippen LogP contribution in [0.1, 0.15) is 22.9 Å². The van der Waals surface area contributed by atoms with Crippen molar-refractivity contribution in [2.45, 2.75) is 25.9 Å². The molecule has 0 spiro atoms. The van der Waals surface area contributed by atoms with Gasteiger partial charge in [0.05, 0.1) is 13.0 Å². The zero-order chi connectivity index (χ0) is 14.6. The Kier molecular flexibility index (Phi) is 4.57. The number of nitrogens with one attached hydrogen (secondary N) is 1. The lowest BCUT2D eigenvalue weighted by atomic mass is 10.0. The first-order valence-corrected chi connectivity index (χ1v) is 7.44. The van der Waals surface area contributed by atoms with Crippen LogP contribution in [0.5, 0.6) is 0 Å². The normalized spacial score (nSPS) is 13.8. The van der Waals surface area contributed by atoms with Crippen LogP contribution in [0.3, 0.4) is 0 Å². The summed E-state index contributed by atoms with van der Waals surface area (Å²) in [7, 11) is 0. The molecule has 4 heteroatoms. The van der Waals surface area contributed by atoms with Crippen LogP contribution < -0.4 is 5.32 Å². The minimum Gasteiger partial charge on any atom is -0.383 e. The smallest absolute Gasteiger partial charge is 0.224 e. The molecular weight excluding hydrogens is 270 g/mol. The van der Waals surface area contributed by atoms with Gasteiger partial charge >= 0.3 is 0 Å². The van der Waals surface area contributed by atoms with Crippen LogP contribution in [-0.4, -0.2) is 17.6 Å². The van der Waals surface area contributed by atoms with Gasteiger partial charge in [-0.3, -0.25) is 4.79 Å². The number of thiophene rings is 1. The Hall–Kier alpha value is -1.65. The Labute approximate surface area is 123 Å². The van der Waals surface area contributed by atoms with Gasteiger partial charge in [0.25, 0.3) is 0 Å². The molecule has 0 saturated carbocycles. The van der Waals surface area contributed by atoms with Gasteiger partial charge in [-0.1, -0.05) is 35.9 Å². The highest BCUT2D eigenvalue weighted by Gasteiger charge is 2.24. The fourth-order valence-electron chi connectivity index (χ4n) is 2.01. The van der Waals surface area contributed by atoms with E-state index in [-0.39, 0.29) is 12.5 Å². The van der Waals surface area contributed by atoms with Crippen molar-refractivity contribution in [3.05, 3.63) is 57.8 Å². The third-order valence-corrected chi connectivity index (χ3v) is 4.25. The van der Waals surface area contributed by atoms with E-state index in [1.807, 2.05) is 48.7 Å². The summed E-state index contributed by atoms with van der Waals surface area (Å²) in [5.74, 6) is -0.0765. The molecule has 0 bridgehead atoms. The average Bonchev–Trinajstić information content (AvgIpc) is 2.91. The van der Waals surface area contributed by atoms with Crippen molar-refractivity contribution in [2.24, 2.45) is 0 Å². The maximum absolute atomic E-state index is 11.9. The van der Waals surface area contributed by atoms with Crippen molar-refractivity contribution >= 4 is 17.2 Å². The number of carbonyl (C=O) groups excluding carboxylic acids is 1. The molecule has 0 aliphatic rings.